The van der Waals surface area contributed by atoms with Gasteiger partial charge in [0.2, 0.25) is 5.91 Å². The Balaban J connectivity index is 0.00000280. The molecule has 2 aliphatic heterocycles. The number of carbonyl (C=O) groups excluding carboxylic acids is 1. The molecule has 1 aromatic heterocycles. The van der Waals surface area contributed by atoms with Gasteiger partial charge in [-0.2, -0.15) is 5.10 Å². The van der Waals surface area contributed by atoms with Gasteiger partial charge >= 0.3 is 0 Å². The molecule has 2 atom stereocenters. The van der Waals surface area contributed by atoms with Crippen LogP contribution < -0.4 is 5.32 Å². The van der Waals surface area contributed by atoms with Gasteiger partial charge < -0.3 is 19.9 Å². The summed E-state index contributed by atoms with van der Waals surface area (Å²) in [5.41, 5.74) is 1.09. The van der Waals surface area contributed by atoms with Crippen LogP contribution in [-0.2, 0) is 16.6 Å². The van der Waals surface area contributed by atoms with Crippen LogP contribution in [0.4, 0.5) is 0 Å². The van der Waals surface area contributed by atoms with E-state index in [1.54, 1.807) is 4.68 Å². The molecule has 3 rings (SSSR count). The number of carbonyl (C=O) groups is 1. The van der Waals surface area contributed by atoms with Crippen LogP contribution in [-0.4, -0.2) is 77.3 Å². The molecule has 9 heteroatoms. The Labute approximate surface area is 184 Å². The van der Waals surface area contributed by atoms with Gasteiger partial charge in [-0.3, -0.25) is 14.5 Å². The maximum atomic E-state index is 12.0. The maximum absolute atomic E-state index is 12.0. The third-order valence-corrected chi connectivity index (χ3v) is 5.46. The van der Waals surface area contributed by atoms with Gasteiger partial charge in [0, 0.05) is 58.0 Å². The van der Waals surface area contributed by atoms with Gasteiger partial charge in [-0.1, -0.05) is 6.92 Å². The fraction of sp³-hybridized carbons (Fsp3) is 0.737. The summed E-state index contributed by atoms with van der Waals surface area (Å²) in [5.74, 6) is 1.20. The predicted octanol–water partition coefficient (Wildman–Crippen LogP) is 1.78. The SMILES string of the molecule is CCC(CCNC(=NC)N1CCOC(c2cnn(C)c2)C1)N1CCCC1=O.I. The number of aliphatic imine (C=N–C) groups is 1. The van der Waals surface area contributed by atoms with Crippen molar-refractivity contribution in [3.05, 3.63) is 18.0 Å². The summed E-state index contributed by atoms with van der Waals surface area (Å²) in [6.07, 6.45) is 7.51. The molecule has 2 fully saturated rings. The summed E-state index contributed by atoms with van der Waals surface area (Å²) in [5, 5.41) is 7.73. The smallest absolute Gasteiger partial charge is 0.222 e. The van der Waals surface area contributed by atoms with Crippen LogP contribution in [0.25, 0.3) is 0 Å². The van der Waals surface area contributed by atoms with Gasteiger partial charge in [0.1, 0.15) is 6.10 Å². The fourth-order valence-corrected chi connectivity index (χ4v) is 3.97. The highest BCUT2D eigenvalue weighted by Crippen LogP contribution is 2.22. The minimum atomic E-state index is 0. The monoisotopic (exact) mass is 504 g/mol. The highest BCUT2D eigenvalue weighted by atomic mass is 127. The number of likely N-dealkylation sites (tertiary alicyclic amines) is 1. The Morgan fingerprint density at radius 3 is 2.89 bits per heavy atom. The molecule has 158 valence electrons. The number of amides is 1. The molecule has 1 amide bonds. The number of aromatic nitrogens is 2. The Hall–Kier alpha value is -1.36. The lowest BCUT2D eigenvalue weighted by atomic mass is 10.1. The van der Waals surface area contributed by atoms with Crippen molar-refractivity contribution in [1.29, 1.82) is 0 Å². The first-order valence-corrected chi connectivity index (χ1v) is 9.97. The molecule has 2 unspecified atom stereocenters. The Bertz CT molecular complexity index is 665. The Morgan fingerprint density at radius 1 is 1.46 bits per heavy atom. The zero-order valence-electron chi connectivity index (χ0n) is 17.1. The second-order valence-electron chi connectivity index (χ2n) is 7.27. The molecular formula is C19H33IN6O2. The number of morpholine rings is 1. The van der Waals surface area contributed by atoms with E-state index in [1.807, 2.05) is 26.5 Å². The highest BCUT2D eigenvalue weighted by molar-refractivity contribution is 14.0. The third kappa shape index (κ3) is 5.59. The van der Waals surface area contributed by atoms with E-state index >= 15 is 0 Å². The number of rotatable bonds is 6. The molecule has 2 aliphatic rings. The van der Waals surface area contributed by atoms with Crippen molar-refractivity contribution in [2.24, 2.45) is 12.0 Å². The van der Waals surface area contributed by atoms with Crippen LogP contribution in [0.5, 0.6) is 0 Å². The molecule has 2 saturated heterocycles. The first-order chi connectivity index (χ1) is 13.1. The number of hydrogen-bond acceptors (Lipinski definition) is 4. The fourth-order valence-electron chi connectivity index (χ4n) is 3.97. The van der Waals surface area contributed by atoms with Gasteiger partial charge in [-0.05, 0) is 19.3 Å². The lowest BCUT2D eigenvalue weighted by Crippen LogP contribution is -2.49. The summed E-state index contributed by atoms with van der Waals surface area (Å²) in [4.78, 5) is 20.7. The number of nitrogens with one attached hydrogen (secondary N) is 1. The summed E-state index contributed by atoms with van der Waals surface area (Å²) in [7, 11) is 3.73. The van der Waals surface area contributed by atoms with E-state index in [9.17, 15) is 4.79 Å². The van der Waals surface area contributed by atoms with Crippen molar-refractivity contribution in [3.8, 4) is 0 Å². The molecular weight excluding hydrogens is 471 g/mol. The van der Waals surface area contributed by atoms with E-state index in [0.717, 1.165) is 57.0 Å². The van der Waals surface area contributed by atoms with Gasteiger partial charge in [-0.25, -0.2) is 0 Å². The normalized spacial score (nSPS) is 21.6. The zero-order valence-corrected chi connectivity index (χ0v) is 19.5. The molecule has 0 saturated carbocycles. The van der Waals surface area contributed by atoms with Gasteiger partial charge in [0.25, 0.3) is 0 Å². The lowest BCUT2D eigenvalue weighted by Gasteiger charge is -2.35. The van der Waals surface area contributed by atoms with Crippen molar-refractivity contribution in [1.82, 2.24) is 24.9 Å². The van der Waals surface area contributed by atoms with Crippen molar-refractivity contribution < 1.29 is 9.53 Å². The number of nitrogens with zero attached hydrogens (tertiary/aromatic N) is 5. The number of aryl methyl sites for hydroxylation is 1. The van der Waals surface area contributed by atoms with Gasteiger partial charge in [0.05, 0.1) is 19.3 Å². The first-order valence-electron chi connectivity index (χ1n) is 9.97. The van der Waals surface area contributed by atoms with Crippen LogP contribution in [0.1, 0.15) is 44.3 Å². The quantitative estimate of drug-likeness (QED) is 0.363. The van der Waals surface area contributed by atoms with Crippen LogP contribution in [0.3, 0.4) is 0 Å². The van der Waals surface area contributed by atoms with E-state index in [-0.39, 0.29) is 30.1 Å². The summed E-state index contributed by atoms with van der Waals surface area (Å²) < 4.78 is 7.72. The molecule has 1 aromatic rings. The van der Waals surface area contributed by atoms with E-state index < -0.39 is 0 Å². The first kappa shape index (κ1) is 22.9. The van der Waals surface area contributed by atoms with E-state index in [0.29, 0.717) is 25.0 Å². The summed E-state index contributed by atoms with van der Waals surface area (Å²) in [6, 6.07) is 0.318. The van der Waals surface area contributed by atoms with Gasteiger partial charge in [0.15, 0.2) is 5.96 Å². The summed E-state index contributed by atoms with van der Waals surface area (Å²) >= 11 is 0. The molecule has 28 heavy (non-hydrogen) atoms. The standard InChI is InChI=1S/C19H32N6O2.HI/c1-4-16(25-9-5-6-18(25)26)7-8-21-19(20-2)24-10-11-27-17(14-24)15-12-22-23(3)13-15;/h12-13,16-17H,4-11,14H2,1-3H3,(H,20,21);1H. The van der Waals surface area contributed by atoms with E-state index in [4.69, 9.17) is 4.74 Å². The predicted molar refractivity (Wildman–Crippen MR) is 120 cm³/mol. The Morgan fingerprint density at radius 2 is 2.29 bits per heavy atom. The second kappa shape index (κ2) is 11.0. The van der Waals surface area contributed by atoms with Crippen LogP contribution >= 0.6 is 24.0 Å². The molecule has 0 aromatic carbocycles. The largest absolute Gasteiger partial charge is 0.370 e. The van der Waals surface area contributed by atoms with Crippen molar-refractivity contribution in [2.75, 3.05) is 39.8 Å². The number of ether oxygens (including phenoxy) is 1. The number of halogens is 1. The molecule has 3 heterocycles. The molecule has 0 radical (unpaired) electrons. The Kier molecular flexibility index (Phi) is 9.00. The van der Waals surface area contributed by atoms with E-state index in [2.05, 4.69) is 32.1 Å². The van der Waals surface area contributed by atoms with Crippen molar-refractivity contribution in [2.45, 2.75) is 44.8 Å². The number of hydrogen-bond donors (Lipinski definition) is 1. The molecule has 0 spiro atoms. The van der Waals surface area contributed by atoms with Crippen LogP contribution in [0.2, 0.25) is 0 Å². The van der Waals surface area contributed by atoms with E-state index in [1.165, 1.54) is 0 Å². The highest BCUT2D eigenvalue weighted by Gasteiger charge is 2.27. The average molecular weight is 504 g/mol. The molecule has 1 N–H and O–H groups in total. The minimum Gasteiger partial charge on any atom is -0.370 e. The zero-order chi connectivity index (χ0) is 19.2. The van der Waals surface area contributed by atoms with Gasteiger partial charge in [-0.15, -0.1) is 24.0 Å². The molecule has 0 bridgehead atoms. The molecule has 0 aliphatic carbocycles. The van der Waals surface area contributed by atoms with Crippen LogP contribution in [0, 0.1) is 0 Å². The average Bonchev–Trinajstić information content (AvgIpc) is 3.31. The summed E-state index contributed by atoms with van der Waals surface area (Å²) in [6.45, 7) is 6.11. The minimum absolute atomic E-state index is 0. The van der Waals surface area contributed by atoms with Crippen molar-refractivity contribution in [3.63, 3.8) is 0 Å². The second-order valence-corrected chi connectivity index (χ2v) is 7.27. The maximum Gasteiger partial charge on any atom is 0.222 e. The van der Waals surface area contributed by atoms with Crippen molar-refractivity contribution >= 4 is 35.8 Å². The molecule has 8 nitrogen and oxygen atoms in total. The number of guanidine groups is 1. The van der Waals surface area contributed by atoms with Crippen LogP contribution in [0.15, 0.2) is 17.4 Å². The lowest BCUT2D eigenvalue weighted by molar-refractivity contribution is -0.129. The third-order valence-electron chi connectivity index (χ3n) is 5.46. The topological polar surface area (TPSA) is 75.0 Å².